The fraction of sp³-hybridized carbons (Fsp3) is 0.400. The molecule has 0 atom stereocenters. The lowest BCUT2D eigenvalue weighted by Crippen LogP contribution is -2.36. The summed E-state index contributed by atoms with van der Waals surface area (Å²) in [5, 5.41) is 0.0705. The Morgan fingerprint density at radius 3 is 2.46 bits per heavy atom. The highest BCUT2D eigenvalue weighted by Crippen LogP contribution is 2.35. The molecule has 1 aromatic heterocycles. The third kappa shape index (κ3) is 6.53. The van der Waals surface area contributed by atoms with Crippen LogP contribution in [0.2, 0.25) is 5.28 Å². The molecular formula is C25H28ClF3N4O4. The highest BCUT2D eigenvalue weighted by molar-refractivity contribution is 6.29. The number of halogens is 4. The van der Waals surface area contributed by atoms with Crippen LogP contribution in [0.1, 0.15) is 27.0 Å². The summed E-state index contributed by atoms with van der Waals surface area (Å²) in [5.74, 6) is -0.568. The molecule has 1 aliphatic rings. The molecule has 3 aromatic rings. The summed E-state index contributed by atoms with van der Waals surface area (Å²) in [6, 6.07) is 7.59. The number of imidazole rings is 1. The van der Waals surface area contributed by atoms with Crippen LogP contribution in [0.4, 0.5) is 18.9 Å². The van der Waals surface area contributed by atoms with Gasteiger partial charge in [0.1, 0.15) is 5.52 Å². The molecule has 4 rings (SSSR count). The Morgan fingerprint density at radius 1 is 1.24 bits per heavy atom. The number of amides is 1. The van der Waals surface area contributed by atoms with Crippen LogP contribution in [0.25, 0.3) is 11.0 Å². The third-order valence-electron chi connectivity index (χ3n) is 5.86. The van der Waals surface area contributed by atoms with Crippen molar-refractivity contribution in [3.05, 3.63) is 57.9 Å². The predicted octanol–water partition coefficient (Wildman–Crippen LogP) is 4.39. The summed E-state index contributed by atoms with van der Waals surface area (Å²) in [6.45, 7) is 3.88. The molecule has 12 heteroatoms. The van der Waals surface area contributed by atoms with E-state index in [1.165, 1.54) is 25.0 Å². The van der Waals surface area contributed by atoms with Crippen LogP contribution in [-0.2, 0) is 27.0 Å². The second kappa shape index (κ2) is 11.8. The van der Waals surface area contributed by atoms with Gasteiger partial charge in [-0.2, -0.15) is 13.2 Å². The van der Waals surface area contributed by atoms with Gasteiger partial charge in [-0.3, -0.25) is 4.79 Å². The number of hydrogen-bond donors (Lipinski definition) is 0. The van der Waals surface area contributed by atoms with Gasteiger partial charge in [0.2, 0.25) is 11.7 Å². The van der Waals surface area contributed by atoms with Gasteiger partial charge in [0.25, 0.3) is 0 Å². The summed E-state index contributed by atoms with van der Waals surface area (Å²) >= 11 is 6.40. The number of aromatic nitrogens is 2. The number of rotatable bonds is 5. The largest absolute Gasteiger partial charge is 0.465 e. The van der Waals surface area contributed by atoms with E-state index in [0.29, 0.717) is 42.9 Å². The Morgan fingerprint density at radius 2 is 1.89 bits per heavy atom. The minimum absolute atomic E-state index is 0.0677. The average molecular weight is 541 g/mol. The Bertz CT molecular complexity index is 1270. The molecule has 200 valence electrons. The summed E-state index contributed by atoms with van der Waals surface area (Å²) in [7, 11) is 4.65. The van der Waals surface area contributed by atoms with Crippen molar-refractivity contribution >= 4 is 40.7 Å². The number of hydrogen-bond acceptors (Lipinski definition) is 6. The first kappa shape index (κ1) is 28.3. The summed E-state index contributed by atoms with van der Waals surface area (Å²) in [4.78, 5) is 29.7. The molecule has 0 aliphatic carbocycles. The van der Waals surface area contributed by atoms with Crippen molar-refractivity contribution in [2.24, 2.45) is 0 Å². The molecule has 1 aliphatic heterocycles. The van der Waals surface area contributed by atoms with Crippen molar-refractivity contribution in [3.63, 3.8) is 0 Å². The molecule has 37 heavy (non-hydrogen) atoms. The number of esters is 1. The molecule has 1 amide bonds. The number of carbonyl (C=O) groups excluding carboxylic acids is 2. The van der Waals surface area contributed by atoms with Gasteiger partial charge in [0, 0.05) is 32.9 Å². The molecule has 0 unspecified atom stereocenters. The van der Waals surface area contributed by atoms with E-state index in [1.54, 1.807) is 30.8 Å². The molecule has 1 saturated heterocycles. The highest BCUT2D eigenvalue weighted by atomic mass is 35.5. The maximum atomic E-state index is 13.4. The first-order valence-electron chi connectivity index (χ1n) is 11.4. The highest BCUT2D eigenvalue weighted by Gasteiger charge is 2.33. The van der Waals surface area contributed by atoms with Crippen LogP contribution in [0, 0.1) is 6.92 Å². The Balaban J connectivity index is 0.000000695. The number of fused-ring (bicyclic) bond motifs is 1. The summed E-state index contributed by atoms with van der Waals surface area (Å²) < 4.78 is 52.0. The number of anilines is 1. The van der Waals surface area contributed by atoms with E-state index in [4.69, 9.17) is 21.1 Å². The van der Waals surface area contributed by atoms with Crippen LogP contribution in [0.3, 0.4) is 0 Å². The van der Waals surface area contributed by atoms with E-state index in [-0.39, 0.29) is 23.0 Å². The van der Waals surface area contributed by atoms with Crippen molar-refractivity contribution < 1.29 is 32.2 Å². The Labute approximate surface area is 217 Å². The first-order valence-corrected chi connectivity index (χ1v) is 11.7. The van der Waals surface area contributed by atoms with Gasteiger partial charge in [-0.15, -0.1) is 0 Å². The smallest absolute Gasteiger partial charge is 0.416 e. The molecule has 0 bridgehead atoms. The van der Waals surface area contributed by atoms with Crippen LogP contribution in [0.5, 0.6) is 0 Å². The van der Waals surface area contributed by atoms with Crippen molar-refractivity contribution in [1.29, 1.82) is 0 Å². The Hall–Kier alpha value is -3.31. The molecule has 2 aromatic carbocycles. The fourth-order valence-electron chi connectivity index (χ4n) is 3.93. The second-order valence-electron chi connectivity index (χ2n) is 8.58. The standard InChI is InChI=1S/C22H21ClF3N3O3.C3H7NO/c1-13-14(4-3-5-17(13)22(24,25)26)12-29-18-11-15(28-6-8-32-9-7-28)10-16(20(30)31-2)19(18)27-21(29)23;1-4(2)3-5/h3-5,10-11H,6-9,12H2,1-2H3;3H,1-2H3. The van der Waals surface area contributed by atoms with Crippen molar-refractivity contribution in [3.8, 4) is 0 Å². The molecule has 0 radical (unpaired) electrons. The number of carbonyl (C=O) groups is 2. The predicted molar refractivity (Wildman–Crippen MR) is 134 cm³/mol. The molecular weight excluding hydrogens is 513 g/mol. The van der Waals surface area contributed by atoms with Gasteiger partial charge < -0.3 is 23.8 Å². The number of morpholine rings is 1. The zero-order chi connectivity index (χ0) is 27.3. The first-order chi connectivity index (χ1) is 17.5. The van der Waals surface area contributed by atoms with Crippen molar-refractivity contribution in [2.75, 3.05) is 52.4 Å². The molecule has 8 nitrogen and oxygen atoms in total. The lowest BCUT2D eigenvalue weighted by atomic mass is 10.0. The van der Waals surface area contributed by atoms with E-state index in [2.05, 4.69) is 9.88 Å². The van der Waals surface area contributed by atoms with Crippen molar-refractivity contribution in [1.82, 2.24) is 14.5 Å². The maximum Gasteiger partial charge on any atom is 0.416 e. The summed E-state index contributed by atoms with van der Waals surface area (Å²) in [6.07, 6.45) is -3.71. The van der Waals surface area contributed by atoms with Crippen LogP contribution < -0.4 is 4.90 Å². The summed E-state index contributed by atoms with van der Waals surface area (Å²) in [5.41, 5.74) is 1.76. The lowest BCUT2D eigenvalue weighted by Gasteiger charge is -2.29. The van der Waals surface area contributed by atoms with E-state index in [1.807, 2.05) is 6.07 Å². The molecule has 0 N–H and O–H groups in total. The number of nitrogens with zero attached hydrogens (tertiary/aromatic N) is 4. The minimum Gasteiger partial charge on any atom is -0.465 e. The maximum absolute atomic E-state index is 13.4. The van der Waals surface area contributed by atoms with E-state index < -0.39 is 17.7 Å². The number of methoxy groups -OCH3 is 1. The SMILES string of the molecule is CN(C)C=O.COC(=O)c1cc(N2CCOCC2)cc2c1nc(Cl)n2Cc1cccc(C(F)(F)F)c1C. The molecule has 1 fully saturated rings. The molecule has 2 heterocycles. The lowest BCUT2D eigenvalue weighted by molar-refractivity contribution is -0.138. The number of alkyl halides is 3. The van der Waals surface area contributed by atoms with Crippen LogP contribution in [0.15, 0.2) is 30.3 Å². The quantitative estimate of drug-likeness (QED) is 0.353. The zero-order valence-corrected chi connectivity index (χ0v) is 21.7. The normalized spacial score (nSPS) is 13.7. The minimum atomic E-state index is -4.46. The number of benzene rings is 2. The monoisotopic (exact) mass is 540 g/mol. The zero-order valence-electron chi connectivity index (χ0n) is 20.9. The fourth-order valence-corrected chi connectivity index (χ4v) is 4.17. The van der Waals surface area contributed by atoms with Crippen LogP contribution in [-0.4, -0.2) is 74.3 Å². The molecule has 0 saturated carbocycles. The van der Waals surface area contributed by atoms with E-state index in [0.717, 1.165) is 18.2 Å². The Kier molecular flexibility index (Phi) is 9.03. The number of ether oxygens (including phenoxy) is 2. The van der Waals surface area contributed by atoms with Gasteiger partial charge in [-0.25, -0.2) is 9.78 Å². The van der Waals surface area contributed by atoms with Gasteiger partial charge in [0.15, 0.2) is 0 Å². The van der Waals surface area contributed by atoms with Gasteiger partial charge in [-0.05, 0) is 47.9 Å². The molecule has 0 spiro atoms. The van der Waals surface area contributed by atoms with E-state index in [9.17, 15) is 22.8 Å². The average Bonchev–Trinajstić information content (AvgIpc) is 3.19. The van der Waals surface area contributed by atoms with Gasteiger partial charge in [-0.1, -0.05) is 12.1 Å². The van der Waals surface area contributed by atoms with E-state index >= 15 is 0 Å². The van der Waals surface area contributed by atoms with Gasteiger partial charge in [0.05, 0.1) is 43.5 Å². The topological polar surface area (TPSA) is 76.9 Å². The van der Waals surface area contributed by atoms with Gasteiger partial charge >= 0.3 is 12.1 Å². The third-order valence-corrected chi connectivity index (χ3v) is 6.15. The van der Waals surface area contributed by atoms with Crippen molar-refractivity contribution in [2.45, 2.75) is 19.6 Å². The van der Waals surface area contributed by atoms with Crippen LogP contribution >= 0.6 is 11.6 Å². The second-order valence-corrected chi connectivity index (χ2v) is 8.91.